The highest BCUT2D eigenvalue weighted by Gasteiger charge is 2.39. The number of aromatic nitrogens is 3. The molecule has 1 aromatic rings. The summed E-state index contributed by atoms with van der Waals surface area (Å²) in [6.45, 7) is 21.9. The van der Waals surface area contributed by atoms with E-state index < -0.39 is 8.80 Å². The molecule has 40 heavy (non-hydrogen) atoms. The summed E-state index contributed by atoms with van der Waals surface area (Å²) in [5.74, 6) is 2.49. The zero-order chi connectivity index (χ0) is 29.6. The van der Waals surface area contributed by atoms with Gasteiger partial charge in [-0.3, -0.25) is 0 Å². The van der Waals surface area contributed by atoms with E-state index >= 15 is 0 Å². The van der Waals surface area contributed by atoms with Crippen LogP contribution < -0.4 is 15.0 Å². The quantitative estimate of drug-likeness (QED) is 0.0887. The van der Waals surface area contributed by atoms with Gasteiger partial charge in [0.2, 0.25) is 11.9 Å². The van der Waals surface area contributed by atoms with E-state index in [1.165, 1.54) is 38.5 Å². The van der Waals surface area contributed by atoms with Crippen molar-refractivity contribution in [3.8, 4) is 6.01 Å². The molecule has 1 rings (SSSR count). The van der Waals surface area contributed by atoms with Gasteiger partial charge < -0.3 is 28.2 Å². The SMILES string of the molecule is CCCCC(CC)CN(CC(CC)CCCC)c1nc(NCCC[Si](OCC)(OCC)OCC)nc(OCC)n1. The zero-order valence-electron chi connectivity index (χ0n) is 27.1. The van der Waals surface area contributed by atoms with E-state index in [2.05, 4.69) is 42.9 Å². The number of hydrogen-bond donors (Lipinski definition) is 1. The molecule has 0 radical (unpaired) electrons. The van der Waals surface area contributed by atoms with Crippen LogP contribution in [0.25, 0.3) is 0 Å². The Kier molecular flexibility index (Phi) is 20.2. The summed E-state index contributed by atoms with van der Waals surface area (Å²) in [5.41, 5.74) is 0. The summed E-state index contributed by atoms with van der Waals surface area (Å²) in [7, 11) is -2.68. The largest absolute Gasteiger partial charge is 0.500 e. The number of anilines is 2. The summed E-state index contributed by atoms with van der Waals surface area (Å²) in [5, 5.41) is 3.43. The molecule has 0 aliphatic heterocycles. The number of hydrogen-bond acceptors (Lipinski definition) is 9. The lowest BCUT2D eigenvalue weighted by atomic mass is 9.96. The fourth-order valence-electron chi connectivity index (χ4n) is 4.96. The maximum atomic E-state index is 6.01. The van der Waals surface area contributed by atoms with E-state index in [9.17, 15) is 0 Å². The van der Waals surface area contributed by atoms with Gasteiger partial charge in [-0.2, -0.15) is 15.0 Å². The number of rotatable bonds is 26. The van der Waals surface area contributed by atoms with Gasteiger partial charge in [-0.05, 0) is 58.8 Å². The topological polar surface area (TPSA) is 90.9 Å². The second kappa shape index (κ2) is 22.1. The third-order valence-electron chi connectivity index (χ3n) is 7.24. The summed E-state index contributed by atoms with van der Waals surface area (Å²) in [4.78, 5) is 16.7. The smallest absolute Gasteiger partial charge is 0.464 e. The summed E-state index contributed by atoms with van der Waals surface area (Å²) >= 11 is 0. The Morgan fingerprint density at radius 3 is 1.70 bits per heavy atom. The van der Waals surface area contributed by atoms with Gasteiger partial charge in [0.15, 0.2) is 0 Å². The first kappa shape index (κ1) is 36.5. The standard InChI is InChI=1S/C30H61N5O4Si/c1-9-17-20-26(11-3)24-35(25-27(12-4)21-18-10-2)29-32-28(33-30(34-29)36-13-5)31-22-19-23-40(37-14-6,38-15-7)39-16-8/h26-27H,9-25H2,1-8H3,(H,31,32,33,34). The number of nitrogens with zero attached hydrogens (tertiary/aromatic N) is 4. The van der Waals surface area contributed by atoms with Crippen molar-refractivity contribution in [2.45, 2.75) is 119 Å². The molecule has 2 atom stereocenters. The van der Waals surface area contributed by atoms with Crippen LogP contribution in [0.1, 0.15) is 113 Å². The van der Waals surface area contributed by atoms with Gasteiger partial charge in [0.25, 0.3) is 0 Å². The molecule has 1 N–H and O–H groups in total. The summed E-state index contributed by atoms with van der Waals surface area (Å²) < 4.78 is 23.8. The molecule has 0 saturated heterocycles. The molecular weight excluding hydrogens is 522 g/mol. The maximum Gasteiger partial charge on any atom is 0.500 e. The highest BCUT2D eigenvalue weighted by molar-refractivity contribution is 6.60. The average molecular weight is 584 g/mol. The Morgan fingerprint density at radius 2 is 1.25 bits per heavy atom. The van der Waals surface area contributed by atoms with E-state index in [1.807, 2.05) is 27.7 Å². The minimum absolute atomic E-state index is 0.380. The van der Waals surface area contributed by atoms with Gasteiger partial charge in [0.1, 0.15) is 0 Å². The van der Waals surface area contributed by atoms with Gasteiger partial charge in [-0.15, -0.1) is 0 Å². The molecule has 0 spiro atoms. The number of ether oxygens (including phenoxy) is 1. The van der Waals surface area contributed by atoms with E-state index in [0.717, 1.165) is 38.4 Å². The molecule has 2 unspecified atom stereocenters. The predicted octanol–water partition coefficient (Wildman–Crippen LogP) is 7.36. The Labute approximate surface area is 246 Å². The fraction of sp³-hybridized carbons (Fsp3) is 0.900. The lowest BCUT2D eigenvalue weighted by molar-refractivity contribution is 0.0710. The maximum absolute atomic E-state index is 6.01. The summed E-state index contributed by atoms with van der Waals surface area (Å²) in [6.07, 6.45) is 10.5. The highest BCUT2D eigenvalue weighted by Crippen LogP contribution is 2.24. The van der Waals surface area contributed by atoms with Crippen LogP contribution in [-0.2, 0) is 13.3 Å². The monoisotopic (exact) mass is 583 g/mol. The van der Waals surface area contributed by atoms with Gasteiger partial charge in [0.05, 0.1) is 6.61 Å². The van der Waals surface area contributed by atoms with Gasteiger partial charge in [0, 0.05) is 45.5 Å². The average Bonchev–Trinajstić information content (AvgIpc) is 2.95. The minimum Gasteiger partial charge on any atom is -0.464 e. The molecule has 0 bridgehead atoms. The van der Waals surface area contributed by atoms with Crippen LogP contribution in [0, 0.1) is 11.8 Å². The molecule has 0 saturated carbocycles. The van der Waals surface area contributed by atoms with Gasteiger partial charge >= 0.3 is 14.8 Å². The lowest BCUT2D eigenvalue weighted by Gasteiger charge is -2.31. The van der Waals surface area contributed by atoms with Crippen LogP contribution in [-0.4, -0.2) is 69.8 Å². The molecule has 234 valence electrons. The highest BCUT2D eigenvalue weighted by atomic mass is 28.4. The van der Waals surface area contributed by atoms with E-state index in [4.69, 9.17) is 28.0 Å². The van der Waals surface area contributed by atoms with Crippen molar-refractivity contribution in [1.82, 2.24) is 15.0 Å². The first-order chi connectivity index (χ1) is 19.4. The molecule has 0 aliphatic rings. The second-order valence-corrected chi connectivity index (χ2v) is 13.2. The summed E-state index contributed by atoms with van der Waals surface area (Å²) in [6, 6.07) is 1.12. The van der Waals surface area contributed by atoms with Crippen LogP contribution >= 0.6 is 0 Å². The molecule has 1 heterocycles. The van der Waals surface area contributed by atoms with Crippen molar-refractivity contribution in [2.75, 3.05) is 56.3 Å². The molecular formula is C30H61N5O4Si. The van der Waals surface area contributed by atoms with Crippen molar-refractivity contribution in [1.29, 1.82) is 0 Å². The van der Waals surface area contributed by atoms with Crippen molar-refractivity contribution < 1.29 is 18.0 Å². The van der Waals surface area contributed by atoms with Crippen LogP contribution in [0.3, 0.4) is 0 Å². The van der Waals surface area contributed by atoms with Crippen molar-refractivity contribution in [3.63, 3.8) is 0 Å². The van der Waals surface area contributed by atoms with Crippen LogP contribution in [0.15, 0.2) is 0 Å². The zero-order valence-corrected chi connectivity index (χ0v) is 28.1. The van der Waals surface area contributed by atoms with Gasteiger partial charge in [-0.1, -0.05) is 66.2 Å². The van der Waals surface area contributed by atoms with Crippen molar-refractivity contribution in [2.24, 2.45) is 11.8 Å². The van der Waals surface area contributed by atoms with Crippen LogP contribution in [0.4, 0.5) is 11.9 Å². The molecule has 0 aliphatic carbocycles. The Hall–Kier alpha value is -1.49. The van der Waals surface area contributed by atoms with Crippen LogP contribution in [0.5, 0.6) is 6.01 Å². The fourth-order valence-corrected chi connectivity index (χ4v) is 7.57. The first-order valence-electron chi connectivity index (χ1n) is 16.2. The molecule has 0 fully saturated rings. The van der Waals surface area contributed by atoms with Crippen LogP contribution in [0.2, 0.25) is 6.04 Å². The van der Waals surface area contributed by atoms with E-state index in [0.29, 0.717) is 62.7 Å². The Balaban J connectivity index is 3.15. The van der Waals surface area contributed by atoms with Gasteiger partial charge in [-0.25, -0.2) is 0 Å². The predicted molar refractivity (Wildman–Crippen MR) is 168 cm³/mol. The Bertz CT molecular complexity index is 726. The lowest BCUT2D eigenvalue weighted by Crippen LogP contribution is -2.46. The van der Waals surface area contributed by atoms with E-state index in [-0.39, 0.29) is 0 Å². The third kappa shape index (κ3) is 13.9. The molecule has 0 aromatic carbocycles. The Morgan fingerprint density at radius 1 is 0.700 bits per heavy atom. The molecule has 0 amide bonds. The van der Waals surface area contributed by atoms with Crippen molar-refractivity contribution in [3.05, 3.63) is 0 Å². The molecule has 9 nitrogen and oxygen atoms in total. The number of unbranched alkanes of at least 4 members (excludes halogenated alkanes) is 2. The first-order valence-corrected chi connectivity index (χ1v) is 18.2. The molecule has 1 aromatic heterocycles. The number of nitrogens with one attached hydrogen (secondary N) is 1. The second-order valence-electron chi connectivity index (χ2n) is 10.4. The van der Waals surface area contributed by atoms with Crippen molar-refractivity contribution >= 4 is 20.7 Å². The van der Waals surface area contributed by atoms with E-state index in [1.54, 1.807) is 0 Å². The third-order valence-corrected chi connectivity index (χ3v) is 10.4. The minimum atomic E-state index is -2.68. The normalized spacial score (nSPS) is 13.3. The molecule has 10 heteroatoms.